The maximum Gasteiger partial charge on any atom is 0.408 e. The number of nitrogens with one attached hydrogen (secondary N) is 2. The number of aromatic hydroxyl groups is 1. The molecule has 3 aromatic carbocycles. The van der Waals surface area contributed by atoms with E-state index in [1.54, 1.807) is 49.9 Å². The van der Waals surface area contributed by atoms with Crippen LogP contribution in [0.2, 0.25) is 5.02 Å². The Morgan fingerprint density at radius 3 is 2.23 bits per heavy atom. The molecule has 3 unspecified atom stereocenters. The van der Waals surface area contributed by atoms with Crippen molar-refractivity contribution in [3.8, 4) is 5.75 Å². The van der Waals surface area contributed by atoms with Gasteiger partial charge in [0.05, 0.1) is 10.7 Å². The van der Waals surface area contributed by atoms with E-state index in [4.69, 9.17) is 16.3 Å². The number of ether oxygens (including phenoxy) is 1. The number of halogens is 1. The Labute approximate surface area is 259 Å². The molecule has 43 heavy (non-hydrogen) atoms. The topological polar surface area (TPSA) is 108 Å². The highest BCUT2D eigenvalue weighted by Crippen LogP contribution is 2.31. The quantitative estimate of drug-likeness (QED) is 0.228. The summed E-state index contributed by atoms with van der Waals surface area (Å²) in [7, 11) is 0. The fourth-order valence-electron chi connectivity index (χ4n) is 4.75. The van der Waals surface area contributed by atoms with Crippen molar-refractivity contribution in [3.63, 3.8) is 0 Å². The molecule has 3 amide bonds. The van der Waals surface area contributed by atoms with E-state index in [9.17, 15) is 19.5 Å². The van der Waals surface area contributed by atoms with Crippen LogP contribution in [0.4, 0.5) is 10.5 Å². The first kappa shape index (κ1) is 33.5. The van der Waals surface area contributed by atoms with Gasteiger partial charge in [-0.3, -0.25) is 9.59 Å². The average molecular weight is 608 g/mol. The van der Waals surface area contributed by atoms with Gasteiger partial charge < -0.3 is 25.4 Å². The van der Waals surface area contributed by atoms with Crippen LogP contribution in [0.5, 0.6) is 5.75 Å². The molecule has 230 valence electrons. The summed E-state index contributed by atoms with van der Waals surface area (Å²) in [6.45, 7) is 12.8. The van der Waals surface area contributed by atoms with Crippen molar-refractivity contribution in [2.24, 2.45) is 0 Å². The van der Waals surface area contributed by atoms with Crippen molar-refractivity contribution in [2.45, 2.75) is 85.0 Å². The summed E-state index contributed by atoms with van der Waals surface area (Å²) in [6.07, 6.45) is -0.0981. The fourth-order valence-corrected chi connectivity index (χ4v) is 5.02. The Hall–Kier alpha value is -4.04. The summed E-state index contributed by atoms with van der Waals surface area (Å²) in [4.78, 5) is 43.3. The zero-order valence-electron chi connectivity index (χ0n) is 25.9. The number of carbonyl (C=O) groups excluding carboxylic acids is 3. The molecule has 3 rings (SSSR count). The molecule has 8 nitrogen and oxygen atoms in total. The normalized spacial score (nSPS) is 13.4. The summed E-state index contributed by atoms with van der Waals surface area (Å²) in [5.74, 6) is -0.805. The van der Waals surface area contributed by atoms with Gasteiger partial charge in [0.15, 0.2) is 0 Å². The number of para-hydroxylation sites is 1. The van der Waals surface area contributed by atoms with Crippen LogP contribution in [0.25, 0.3) is 0 Å². The lowest BCUT2D eigenvalue weighted by Gasteiger charge is -2.38. The summed E-state index contributed by atoms with van der Waals surface area (Å²) in [5, 5.41) is 15.9. The number of hydrogen-bond acceptors (Lipinski definition) is 5. The Bertz CT molecular complexity index is 1410. The van der Waals surface area contributed by atoms with Gasteiger partial charge in [-0.2, -0.15) is 0 Å². The molecule has 3 atom stereocenters. The molecule has 3 aromatic rings. The number of anilines is 1. The number of amides is 3. The molecule has 0 heterocycles. The number of hydrogen-bond donors (Lipinski definition) is 3. The van der Waals surface area contributed by atoms with Gasteiger partial charge in [-0.05, 0) is 82.9 Å². The molecule has 0 aliphatic carbocycles. The van der Waals surface area contributed by atoms with Crippen molar-refractivity contribution in [1.82, 2.24) is 10.2 Å². The van der Waals surface area contributed by atoms with Gasteiger partial charge in [0.25, 0.3) is 5.91 Å². The van der Waals surface area contributed by atoms with E-state index in [-0.39, 0.29) is 18.2 Å². The molecule has 0 saturated carbocycles. The van der Waals surface area contributed by atoms with Gasteiger partial charge in [-0.15, -0.1) is 0 Å². The van der Waals surface area contributed by atoms with Crippen molar-refractivity contribution < 1.29 is 24.2 Å². The lowest BCUT2D eigenvalue weighted by molar-refractivity contribution is -0.143. The van der Waals surface area contributed by atoms with Crippen LogP contribution in [0.1, 0.15) is 69.3 Å². The number of carbonyl (C=O) groups is 3. The van der Waals surface area contributed by atoms with Gasteiger partial charge in [0, 0.05) is 12.5 Å². The van der Waals surface area contributed by atoms with Gasteiger partial charge in [0.2, 0.25) is 5.91 Å². The van der Waals surface area contributed by atoms with Gasteiger partial charge in [-0.1, -0.05) is 72.6 Å². The van der Waals surface area contributed by atoms with Gasteiger partial charge in [-0.25, -0.2) is 4.79 Å². The molecular formula is C34H42ClN3O5. The number of alkyl carbamates (subject to hydrolysis) is 1. The molecule has 9 heteroatoms. The third-order valence-electron chi connectivity index (χ3n) is 7.04. The predicted octanol–water partition coefficient (Wildman–Crippen LogP) is 7.11. The van der Waals surface area contributed by atoms with Crippen molar-refractivity contribution >= 4 is 35.2 Å². The SMILES string of the molecule is CCC(C)N(C(=O)C(Cc1ccc(O)cc1)NC(=O)OC(C)(C)C)C(C(=O)Nc1c(C)cccc1Cl)c1cccc(C)c1. The Kier molecular flexibility index (Phi) is 11.2. The maximum atomic E-state index is 14.6. The molecule has 0 bridgehead atoms. The number of rotatable bonds is 10. The first-order valence-electron chi connectivity index (χ1n) is 14.4. The number of benzene rings is 3. The molecule has 0 fully saturated rings. The minimum Gasteiger partial charge on any atom is -0.508 e. The van der Waals surface area contributed by atoms with E-state index in [0.29, 0.717) is 28.3 Å². The minimum absolute atomic E-state index is 0.0824. The van der Waals surface area contributed by atoms with Crippen LogP contribution < -0.4 is 10.6 Å². The fraction of sp³-hybridized carbons (Fsp3) is 0.382. The summed E-state index contributed by atoms with van der Waals surface area (Å²) in [5.41, 5.74) is 2.71. The molecule has 0 saturated heterocycles. The standard InChI is InChI=1S/C34H42ClN3O5/c1-8-23(4)38(32(41)28(36-33(42)43-34(5,6)7)20-24-15-17-26(39)18-16-24)30(25-13-9-11-21(2)19-25)31(40)37-29-22(3)12-10-14-27(29)35/h9-19,23,28,30,39H,8,20H2,1-7H3,(H,36,42)(H,37,40). The summed E-state index contributed by atoms with van der Waals surface area (Å²) < 4.78 is 5.50. The largest absolute Gasteiger partial charge is 0.508 e. The van der Waals surface area contributed by atoms with Crippen molar-refractivity contribution in [1.29, 1.82) is 0 Å². The van der Waals surface area contributed by atoms with Crippen LogP contribution in [0.3, 0.4) is 0 Å². The first-order valence-corrected chi connectivity index (χ1v) is 14.8. The average Bonchev–Trinajstić information content (AvgIpc) is 2.92. The number of nitrogens with zero attached hydrogens (tertiary/aromatic N) is 1. The number of aryl methyl sites for hydroxylation is 2. The third kappa shape index (κ3) is 9.22. The van der Waals surface area contributed by atoms with Crippen LogP contribution in [0, 0.1) is 13.8 Å². The van der Waals surface area contributed by atoms with Crippen molar-refractivity contribution in [2.75, 3.05) is 5.32 Å². The highest BCUT2D eigenvalue weighted by atomic mass is 35.5. The van der Waals surface area contributed by atoms with Gasteiger partial charge in [0.1, 0.15) is 23.4 Å². The second kappa shape index (κ2) is 14.4. The van der Waals surface area contributed by atoms with Crippen LogP contribution in [-0.4, -0.2) is 45.6 Å². The molecule has 0 spiro atoms. The highest BCUT2D eigenvalue weighted by molar-refractivity contribution is 6.34. The second-order valence-corrected chi connectivity index (χ2v) is 12.2. The first-order chi connectivity index (χ1) is 20.2. The van der Waals surface area contributed by atoms with E-state index < -0.39 is 35.6 Å². The molecule has 0 aromatic heterocycles. The maximum absolute atomic E-state index is 14.6. The van der Waals surface area contributed by atoms with E-state index in [1.807, 2.05) is 58.0 Å². The Morgan fingerprint density at radius 2 is 1.65 bits per heavy atom. The van der Waals surface area contributed by atoms with Crippen LogP contribution in [-0.2, 0) is 20.7 Å². The molecule has 0 radical (unpaired) electrons. The Balaban J connectivity index is 2.12. The van der Waals surface area contributed by atoms with E-state index >= 15 is 0 Å². The summed E-state index contributed by atoms with van der Waals surface area (Å²) in [6, 6.07) is 16.7. The lowest BCUT2D eigenvalue weighted by atomic mass is 9.97. The molecule has 3 N–H and O–H groups in total. The predicted molar refractivity (Wildman–Crippen MR) is 170 cm³/mol. The number of phenolic OH excluding ortho intramolecular Hbond substituents is 1. The lowest BCUT2D eigenvalue weighted by Crippen LogP contribution is -2.55. The monoisotopic (exact) mass is 607 g/mol. The van der Waals surface area contributed by atoms with E-state index in [0.717, 1.165) is 11.1 Å². The van der Waals surface area contributed by atoms with Crippen LogP contribution in [0.15, 0.2) is 66.7 Å². The molecule has 0 aliphatic rings. The van der Waals surface area contributed by atoms with Crippen LogP contribution >= 0.6 is 11.6 Å². The zero-order valence-corrected chi connectivity index (χ0v) is 26.7. The molecular weight excluding hydrogens is 566 g/mol. The zero-order chi connectivity index (χ0) is 31.9. The summed E-state index contributed by atoms with van der Waals surface area (Å²) >= 11 is 6.47. The second-order valence-electron chi connectivity index (χ2n) is 11.8. The molecule has 0 aliphatic heterocycles. The number of phenols is 1. The van der Waals surface area contributed by atoms with E-state index in [1.165, 1.54) is 12.1 Å². The smallest absolute Gasteiger partial charge is 0.408 e. The highest BCUT2D eigenvalue weighted by Gasteiger charge is 2.39. The minimum atomic E-state index is -1.07. The van der Waals surface area contributed by atoms with Gasteiger partial charge >= 0.3 is 6.09 Å². The Morgan fingerprint density at radius 1 is 1.00 bits per heavy atom. The van der Waals surface area contributed by atoms with E-state index in [2.05, 4.69) is 10.6 Å². The third-order valence-corrected chi connectivity index (χ3v) is 7.35. The van der Waals surface area contributed by atoms with Crippen molar-refractivity contribution in [3.05, 3.63) is 94.0 Å².